The molecular weight excluding hydrogens is 256 g/mol. The molecule has 0 aliphatic heterocycles. The maximum Gasteiger partial charge on any atom is 0.248 e. The number of amides is 1. The topological polar surface area (TPSA) is 29.1 Å². The van der Waals surface area contributed by atoms with Crippen LogP contribution in [0.15, 0.2) is 30.3 Å². The molecule has 0 bridgehead atoms. The summed E-state index contributed by atoms with van der Waals surface area (Å²) in [7, 11) is 0. The Kier molecular flexibility index (Phi) is 2.61. The second-order valence-electron chi connectivity index (χ2n) is 3.50. The van der Waals surface area contributed by atoms with Gasteiger partial charge < -0.3 is 5.32 Å². The molecule has 0 saturated heterocycles. The highest BCUT2D eigenvalue weighted by molar-refractivity contribution is 6.62. The van der Waals surface area contributed by atoms with E-state index in [1.54, 1.807) is 12.1 Å². The van der Waals surface area contributed by atoms with E-state index in [0.717, 1.165) is 0 Å². The van der Waals surface area contributed by atoms with E-state index in [9.17, 15) is 4.79 Å². The monoisotopic (exact) mass is 263 g/mol. The van der Waals surface area contributed by atoms with E-state index in [2.05, 4.69) is 5.32 Å². The first-order valence-electron chi connectivity index (χ1n) is 4.39. The van der Waals surface area contributed by atoms with Crippen LogP contribution >= 0.6 is 34.8 Å². The van der Waals surface area contributed by atoms with Crippen LogP contribution in [-0.2, 0) is 4.79 Å². The van der Waals surface area contributed by atoms with Crippen LogP contribution in [-0.4, -0.2) is 15.1 Å². The van der Waals surface area contributed by atoms with Crippen molar-refractivity contribution in [3.63, 3.8) is 0 Å². The number of carbonyl (C=O) groups excluding carboxylic acids is 1. The number of benzene rings is 1. The van der Waals surface area contributed by atoms with Gasteiger partial charge in [0.05, 0.1) is 0 Å². The van der Waals surface area contributed by atoms with E-state index < -0.39 is 9.21 Å². The molecule has 1 aliphatic rings. The number of carbonyl (C=O) groups is 1. The minimum atomic E-state index is -1.19. The van der Waals surface area contributed by atoms with E-state index in [1.807, 2.05) is 18.2 Å². The highest BCUT2D eigenvalue weighted by Crippen LogP contribution is 2.61. The summed E-state index contributed by atoms with van der Waals surface area (Å²) in [5.41, 5.74) is 0.679. The summed E-state index contributed by atoms with van der Waals surface area (Å²) in [6.45, 7) is 0. The van der Waals surface area contributed by atoms with Crippen LogP contribution in [0.25, 0.3) is 0 Å². The summed E-state index contributed by atoms with van der Waals surface area (Å²) >= 11 is 17.5. The van der Waals surface area contributed by atoms with Gasteiger partial charge in [0.2, 0.25) is 5.91 Å². The Hall–Kier alpha value is -0.440. The van der Waals surface area contributed by atoms with Crippen LogP contribution in [0, 0.1) is 0 Å². The summed E-state index contributed by atoms with van der Waals surface area (Å²) < 4.78 is -1.15. The quantitative estimate of drug-likeness (QED) is 0.817. The zero-order valence-electron chi connectivity index (χ0n) is 7.64. The molecule has 80 valence electrons. The minimum Gasteiger partial charge on any atom is -0.324 e. The maximum atomic E-state index is 11.7. The summed E-state index contributed by atoms with van der Waals surface area (Å²) in [6, 6.07) is 9.03. The van der Waals surface area contributed by atoms with Crippen molar-refractivity contribution in [3.8, 4) is 0 Å². The van der Waals surface area contributed by atoms with Gasteiger partial charge in [-0.3, -0.25) is 4.79 Å². The average Bonchev–Trinajstić information content (AvgIpc) is 2.69. The molecular formula is C10H8Cl3NO. The molecule has 2 rings (SSSR count). The Morgan fingerprint density at radius 3 is 2.20 bits per heavy atom. The molecule has 1 saturated carbocycles. The average molecular weight is 265 g/mol. The second-order valence-corrected chi connectivity index (χ2v) is 5.63. The SMILES string of the molecule is O=C(Nc1ccccc1)C1(Cl)CC1(Cl)Cl. The minimum absolute atomic E-state index is 0.267. The van der Waals surface area contributed by atoms with Gasteiger partial charge in [-0.05, 0) is 12.1 Å². The highest BCUT2D eigenvalue weighted by atomic mass is 35.5. The van der Waals surface area contributed by atoms with E-state index in [-0.39, 0.29) is 12.3 Å². The lowest BCUT2D eigenvalue weighted by Crippen LogP contribution is -2.29. The lowest BCUT2D eigenvalue weighted by Gasteiger charge is -2.10. The van der Waals surface area contributed by atoms with Crippen molar-refractivity contribution in [2.45, 2.75) is 15.6 Å². The molecule has 1 aromatic rings. The molecule has 1 atom stereocenters. The first-order chi connectivity index (χ1) is 6.96. The van der Waals surface area contributed by atoms with Crippen molar-refractivity contribution in [2.24, 2.45) is 0 Å². The zero-order valence-corrected chi connectivity index (χ0v) is 9.90. The Morgan fingerprint density at radius 1 is 1.20 bits per heavy atom. The summed E-state index contributed by atoms with van der Waals surface area (Å²) in [6.07, 6.45) is 0.267. The molecule has 1 unspecified atom stereocenters. The Balaban J connectivity index is 2.07. The van der Waals surface area contributed by atoms with Crippen LogP contribution in [0.5, 0.6) is 0 Å². The van der Waals surface area contributed by atoms with Crippen molar-refractivity contribution < 1.29 is 4.79 Å². The Morgan fingerprint density at radius 2 is 1.73 bits per heavy atom. The van der Waals surface area contributed by atoms with E-state index in [1.165, 1.54) is 0 Å². The van der Waals surface area contributed by atoms with Gasteiger partial charge in [-0.25, -0.2) is 0 Å². The van der Waals surface area contributed by atoms with Crippen molar-refractivity contribution in [3.05, 3.63) is 30.3 Å². The van der Waals surface area contributed by atoms with Gasteiger partial charge in [-0.15, -0.1) is 11.6 Å². The third-order valence-electron chi connectivity index (χ3n) is 2.31. The van der Waals surface area contributed by atoms with Gasteiger partial charge in [-0.2, -0.15) is 0 Å². The number of hydrogen-bond acceptors (Lipinski definition) is 1. The highest BCUT2D eigenvalue weighted by Gasteiger charge is 2.70. The normalized spacial score (nSPS) is 27.1. The molecule has 0 spiro atoms. The Labute approximate surface area is 103 Å². The van der Waals surface area contributed by atoms with Crippen LogP contribution in [0.1, 0.15) is 6.42 Å². The number of halogens is 3. The molecule has 0 heterocycles. The number of anilines is 1. The molecule has 0 radical (unpaired) electrons. The largest absolute Gasteiger partial charge is 0.324 e. The number of nitrogens with one attached hydrogen (secondary N) is 1. The van der Waals surface area contributed by atoms with Crippen molar-refractivity contribution in [1.82, 2.24) is 0 Å². The third kappa shape index (κ3) is 1.94. The molecule has 5 heteroatoms. The van der Waals surface area contributed by atoms with Gasteiger partial charge in [-0.1, -0.05) is 41.4 Å². The first-order valence-corrected chi connectivity index (χ1v) is 5.52. The fourth-order valence-corrected chi connectivity index (χ4v) is 2.22. The molecule has 15 heavy (non-hydrogen) atoms. The van der Waals surface area contributed by atoms with Crippen LogP contribution in [0.3, 0.4) is 0 Å². The molecule has 2 nitrogen and oxygen atoms in total. The van der Waals surface area contributed by atoms with Crippen LogP contribution in [0.2, 0.25) is 0 Å². The summed E-state index contributed by atoms with van der Waals surface area (Å²) in [4.78, 5) is 10.5. The maximum absolute atomic E-state index is 11.7. The number of alkyl halides is 3. The number of rotatable bonds is 2. The number of para-hydroxylation sites is 1. The third-order valence-corrected chi connectivity index (χ3v) is 4.05. The van der Waals surface area contributed by atoms with Gasteiger partial charge in [0, 0.05) is 12.1 Å². The smallest absolute Gasteiger partial charge is 0.248 e. The van der Waals surface area contributed by atoms with Crippen molar-refractivity contribution in [2.75, 3.05) is 5.32 Å². The lowest BCUT2D eigenvalue weighted by molar-refractivity contribution is -0.116. The molecule has 0 aromatic heterocycles. The van der Waals surface area contributed by atoms with Gasteiger partial charge in [0.25, 0.3) is 0 Å². The summed E-state index contributed by atoms with van der Waals surface area (Å²) in [5.74, 6) is -0.361. The molecule has 1 aromatic carbocycles. The van der Waals surface area contributed by atoms with Gasteiger partial charge >= 0.3 is 0 Å². The molecule has 1 aliphatic carbocycles. The molecule has 1 fully saturated rings. The fraction of sp³-hybridized carbons (Fsp3) is 0.300. The number of hydrogen-bond donors (Lipinski definition) is 1. The predicted octanol–water partition coefficient (Wildman–Crippen LogP) is 3.18. The van der Waals surface area contributed by atoms with Crippen LogP contribution < -0.4 is 5.32 Å². The van der Waals surface area contributed by atoms with Gasteiger partial charge in [0.1, 0.15) is 4.33 Å². The standard InChI is InChI=1S/C10H8Cl3NO/c11-9(6-10(9,12)13)8(15)14-7-4-2-1-3-5-7/h1-5H,6H2,(H,14,15). The second kappa shape index (κ2) is 3.55. The van der Waals surface area contributed by atoms with E-state index in [0.29, 0.717) is 5.69 Å². The Bertz CT molecular complexity index is 393. The zero-order chi connectivity index (χ0) is 11.1. The van der Waals surface area contributed by atoms with Crippen molar-refractivity contribution in [1.29, 1.82) is 0 Å². The van der Waals surface area contributed by atoms with Crippen molar-refractivity contribution >= 4 is 46.4 Å². The molecule has 1 N–H and O–H groups in total. The predicted molar refractivity (Wildman–Crippen MR) is 62.7 cm³/mol. The van der Waals surface area contributed by atoms with E-state index in [4.69, 9.17) is 34.8 Å². The summed E-state index contributed by atoms with van der Waals surface area (Å²) in [5, 5.41) is 2.66. The van der Waals surface area contributed by atoms with Gasteiger partial charge in [0.15, 0.2) is 4.87 Å². The lowest BCUT2D eigenvalue weighted by atomic mass is 10.3. The molecule has 1 amide bonds. The first kappa shape index (κ1) is 11.1. The van der Waals surface area contributed by atoms with Crippen LogP contribution in [0.4, 0.5) is 5.69 Å². The van der Waals surface area contributed by atoms with E-state index >= 15 is 0 Å². The fourth-order valence-electron chi connectivity index (χ4n) is 1.26.